The number of halogens is 3. The molecule has 0 aliphatic rings. The molecule has 28 heavy (non-hydrogen) atoms. The average Bonchev–Trinajstić information content (AvgIpc) is 3.11. The van der Waals surface area contributed by atoms with Crippen molar-refractivity contribution in [2.45, 2.75) is 6.18 Å². The molecule has 3 aromatic heterocycles. The molecule has 0 bridgehead atoms. The fraction of sp³-hybridized carbons (Fsp3) is 0.0500. The summed E-state index contributed by atoms with van der Waals surface area (Å²) >= 11 is 0. The van der Waals surface area contributed by atoms with Gasteiger partial charge in [0.1, 0.15) is 5.69 Å². The van der Waals surface area contributed by atoms with Crippen LogP contribution in [0, 0.1) is 0 Å². The van der Waals surface area contributed by atoms with Crippen LogP contribution in [-0.2, 0) is 6.18 Å². The smallest absolute Gasteiger partial charge is 0.353 e. The van der Waals surface area contributed by atoms with Crippen LogP contribution in [0.5, 0.6) is 0 Å². The van der Waals surface area contributed by atoms with E-state index < -0.39 is 11.7 Å². The molecular formula is C20H14F3N5. The molecule has 0 saturated carbocycles. The molecule has 140 valence electrons. The molecule has 0 unspecified atom stereocenters. The first-order chi connectivity index (χ1) is 13.4. The second kappa shape index (κ2) is 6.80. The van der Waals surface area contributed by atoms with Gasteiger partial charge in [-0.1, -0.05) is 18.7 Å². The summed E-state index contributed by atoms with van der Waals surface area (Å²) in [5.74, 6) is 0. The number of alkyl halides is 3. The van der Waals surface area contributed by atoms with Crippen molar-refractivity contribution in [3.63, 3.8) is 0 Å². The lowest BCUT2D eigenvalue weighted by Gasteiger charge is -2.11. The number of aromatic amines is 1. The van der Waals surface area contributed by atoms with Crippen LogP contribution in [0.2, 0.25) is 0 Å². The first-order valence-electron chi connectivity index (χ1n) is 8.29. The second-order valence-electron chi connectivity index (χ2n) is 6.14. The predicted octanol–water partition coefficient (Wildman–Crippen LogP) is 5.12. The van der Waals surface area contributed by atoms with Crippen LogP contribution >= 0.6 is 0 Å². The van der Waals surface area contributed by atoms with Gasteiger partial charge in [-0.05, 0) is 29.8 Å². The van der Waals surface area contributed by atoms with Crippen LogP contribution in [0.15, 0.2) is 67.8 Å². The van der Waals surface area contributed by atoms with Gasteiger partial charge in [0.15, 0.2) is 0 Å². The number of nitrogens with zero attached hydrogens (tertiary/aromatic N) is 3. The molecule has 3 heterocycles. The molecular weight excluding hydrogens is 367 g/mol. The molecule has 4 rings (SSSR count). The first-order valence-corrected chi connectivity index (χ1v) is 8.29. The molecule has 0 fully saturated rings. The lowest BCUT2D eigenvalue weighted by atomic mass is 10.0. The Balaban J connectivity index is 1.66. The quantitative estimate of drug-likeness (QED) is 0.515. The van der Waals surface area contributed by atoms with Crippen molar-refractivity contribution in [3.8, 4) is 11.1 Å². The monoisotopic (exact) mass is 381 g/mol. The Morgan fingerprint density at radius 1 is 1.00 bits per heavy atom. The number of rotatable bonds is 4. The zero-order chi connectivity index (χ0) is 19.7. The largest absolute Gasteiger partial charge is 0.417 e. The summed E-state index contributed by atoms with van der Waals surface area (Å²) in [6.45, 7) is 3.92. The Morgan fingerprint density at radius 3 is 2.61 bits per heavy atom. The second-order valence-corrected chi connectivity index (χ2v) is 6.14. The molecule has 0 saturated heterocycles. The lowest BCUT2D eigenvalue weighted by Crippen LogP contribution is -2.07. The van der Waals surface area contributed by atoms with Gasteiger partial charge in [-0.3, -0.25) is 15.1 Å². The summed E-state index contributed by atoms with van der Waals surface area (Å²) in [6, 6.07) is 10.5. The lowest BCUT2D eigenvalue weighted by molar-refractivity contribution is -0.137. The van der Waals surface area contributed by atoms with Gasteiger partial charge in [-0.15, -0.1) is 0 Å². The van der Waals surface area contributed by atoms with Crippen LogP contribution in [0.3, 0.4) is 0 Å². The molecule has 1 aromatic carbocycles. The number of aromatic nitrogens is 4. The number of fused-ring (bicyclic) bond motifs is 1. The van der Waals surface area contributed by atoms with Gasteiger partial charge in [0.25, 0.3) is 0 Å². The van der Waals surface area contributed by atoms with E-state index in [0.29, 0.717) is 11.4 Å². The number of H-pyrrole nitrogens is 1. The minimum Gasteiger partial charge on any atom is -0.353 e. The minimum absolute atomic E-state index is 0.180. The van der Waals surface area contributed by atoms with E-state index in [2.05, 4.69) is 32.1 Å². The normalized spacial score (nSPS) is 11.5. The molecule has 8 heteroatoms. The first kappa shape index (κ1) is 17.7. The maximum Gasteiger partial charge on any atom is 0.417 e. The molecule has 0 radical (unpaired) electrons. The van der Waals surface area contributed by atoms with Crippen molar-refractivity contribution in [2.75, 3.05) is 5.32 Å². The van der Waals surface area contributed by atoms with Crippen molar-refractivity contribution < 1.29 is 13.2 Å². The molecule has 4 aromatic rings. The number of hydrogen-bond acceptors (Lipinski definition) is 4. The van der Waals surface area contributed by atoms with Crippen LogP contribution in [0.1, 0.15) is 11.3 Å². The van der Waals surface area contributed by atoms with Crippen LogP contribution in [0.25, 0.3) is 27.7 Å². The standard InChI is InChI=1S/C20H14F3N5/c1-12(26-16-8-15(10-25-11-16)20(21,22)23)19-17-7-13(4-5-18(17)27-28-19)14-3-2-6-24-9-14/h2-11,26H,1H2,(H,27,28). The Bertz CT molecular complexity index is 1150. The SMILES string of the molecule is C=C(Nc1cncc(C(F)(F)F)c1)c1n[nH]c2ccc(-c3cccnc3)cc12. The van der Waals surface area contributed by atoms with E-state index in [0.717, 1.165) is 34.3 Å². The van der Waals surface area contributed by atoms with Crippen LogP contribution < -0.4 is 5.32 Å². The van der Waals surface area contributed by atoms with Crippen molar-refractivity contribution in [2.24, 2.45) is 0 Å². The number of pyridine rings is 2. The van der Waals surface area contributed by atoms with Crippen LogP contribution in [-0.4, -0.2) is 20.2 Å². The molecule has 0 aliphatic carbocycles. The number of nitrogens with one attached hydrogen (secondary N) is 2. The fourth-order valence-electron chi connectivity index (χ4n) is 2.85. The van der Waals surface area contributed by atoms with E-state index in [1.54, 1.807) is 12.4 Å². The summed E-state index contributed by atoms with van der Waals surface area (Å²) in [6.07, 6.45) is 1.06. The van der Waals surface area contributed by atoms with Gasteiger partial charge < -0.3 is 5.32 Å². The third-order valence-corrected chi connectivity index (χ3v) is 4.20. The third kappa shape index (κ3) is 3.44. The molecule has 2 N–H and O–H groups in total. The highest BCUT2D eigenvalue weighted by molar-refractivity contribution is 5.94. The Kier molecular flexibility index (Phi) is 4.31. The van der Waals surface area contributed by atoms with Gasteiger partial charge in [-0.2, -0.15) is 18.3 Å². The highest BCUT2D eigenvalue weighted by Crippen LogP contribution is 2.31. The zero-order valence-corrected chi connectivity index (χ0v) is 14.5. The van der Waals surface area contributed by atoms with Crippen molar-refractivity contribution >= 4 is 22.3 Å². The topological polar surface area (TPSA) is 66.5 Å². The molecule has 0 spiro atoms. The number of benzene rings is 1. The van der Waals surface area contributed by atoms with Gasteiger partial charge in [-0.25, -0.2) is 0 Å². The summed E-state index contributed by atoms with van der Waals surface area (Å²) in [4.78, 5) is 7.76. The highest BCUT2D eigenvalue weighted by atomic mass is 19.4. The highest BCUT2D eigenvalue weighted by Gasteiger charge is 2.31. The van der Waals surface area contributed by atoms with Gasteiger partial charge in [0.2, 0.25) is 0 Å². The van der Waals surface area contributed by atoms with Gasteiger partial charge in [0, 0.05) is 29.5 Å². The summed E-state index contributed by atoms with van der Waals surface area (Å²) < 4.78 is 38.6. The van der Waals surface area contributed by atoms with E-state index in [-0.39, 0.29) is 5.69 Å². The maximum atomic E-state index is 12.9. The predicted molar refractivity (Wildman–Crippen MR) is 101 cm³/mol. The fourth-order valence-corrected chi connectivity index (χ4v) is 2.85. The van der Waals surface area contributed by atoms with E-state index in [4.69, 9.17) is 0 Å². The summed E-state index contributed by atoms with van der Waals surface area (Å²) in [5, 5.41) is 10.8. The van der Waals surface area contributed by atoms with E-state index in [9.17, 15) is 13.2 Å². The van der Waals surface area contributed by atoms with Crippen molar-refractivity contribution in [1.29, 1.82) is 0 Å². The Hall–Kier alpha value is -3.68. The van der Waals surface area contributed by atoms with Crippen molar-refractivity contribution in [3.05, 3.63) is 79.0 Å². The summed E-state index contributed by atoms with van der Waals surface area (Å²) in [5.41, 5.74) is 2.88. The van der Waals surface area contributed by atoms with Crippen molar-refractivity contribution in [1.82, 2.24) is 20.2 Å². The minimum atomic E-state index is -4.47. The number of anilines is 1. The average molecular weight is 381 g/mol. The van der Waals surface area contributed by atoms with E-state index in [1.807, 2.05) is 30.3 Å². The van der Waals surface area contributed by atoms with Gasteiger partial charge in [0.05, 0.1) is 28.7 Å². The molecule has 0 aliphatic heterocycles. The van der Waals surface area contributed by atoms with E-state index in [1.165, 1.54) is 6.20 Å². The summed E-state index contributed by atoms with van der Waals surface area (Å²) in [7, 11) is 0. The van der Waals surface area contributed by atoms with E-state index >= 15 is 0 Å². The molecule has 5 nitrogen and oxygen atoms in total. The molecule has 0 atom stereocenters. The third-order valence-electron chi connectivity index (χ3n) is 4.20. The Morgan fingerprint density at radius 2 is 1.86 bits per heavy atom. The molecule has 0 amide bonds. The van der Waals surface area contributed by atoms with Gasteiger partial charge >= 0.3 is 6.18 Å². The maximum absolute atomic E-state index is 12.9. The Labute approximate surface area is 158 Å². The zero-order valence-electron chi connectivity index (χ0n) is 14.5. The van der Waals surface area contributed by atoms with Crippen LogP contribution in [0.4, 0.5) is 18.9 Å². The number of hydrogen-bond donors (Lipinski definition) is 2.